The number of thioether (sulfide) groups is 1. The zero-order valence-corrected chi connectivity index (χ0v) is 9.22. The SMILES string of the molecule is COCCNCCSc1ccccn1. The van der Waals surface area contributed by atoms with E-state index in [4.69, 9.17) is 4.74 Å². The van der Waals surface area contributed by atoms with Crippen molar-refractivity contribution in [2.45, 2.75) is 5.03 Å². The molecule has 78 valence electrons. The van der Waals surface area contributed by atoms with E-state index in [2.05, 4.69) is 10.3 Å². The van der Waals surface area contributed by atoms with Crippen LogP contribution in [0.25, 0.3) is 0 Å². The third-order valence-corrected chi connectivity index (χ3v) is 2.60. The average Bonchev–Trinajstić information content (AvgIpc) is 2.25. The zero-order chi connectivity index (χ0) is 10.1. The van der Waals surface area contributed by atoms with Crippen LogP contribution in [-0.4, -0.2) is 37.5 Å². The van der Waals surface area contributed by atoms with Crippen LogP contribution in [0.1, 0.15) is 0 Å². The molecule has 0 aliphatic heterocycles. The number of methoxy groups -OCH3 is 1. The molecule has 4 heteroatoms. The molecule has 14 heavy (non-hydrogen) atoms. The van der Waals surface area contributed by atoms with Gasteiger partial charge in [0.05, 0.1) is 11.6 Å². The normalized spacial score (nSPS) is 10.4. The largest absolute Gasteiger partial charge is 0.383 e. The van der Waals surface area contributed by atoms with Crippen LogP contribution in [0.4, 0.5) is 0 Å². The summed E-state index contributed by atoms with van der Waals surface area (Å²) in [4.78, 5) is 4.22. The van der Waals surface area contributed by atoms with Gasteiger partial charge in [-0.15, -0.1) is 11.8 Å². The summed E-state index contributed by atoms with van der Waals surface area (Å²) >= 11 is 1.76. The van der Waals surface area contributed by atoms with Gasteiger partial charge in [-0.1, -0.05) is 6.07 Å². The predicted octanol–water partition coefficient (Wildman–Crippen LogP) is 1.41. The van der Waals surface area contributed by atoms with Crippen molar-refractivity contribution in [3.05, 3.63) is 24.4 Å². The lowest BCUT2D eigenvalue weighted by Gasteiger charge is -2.03. The Kier molecular flexibility index (Phi) is 6.40. The van der Waals surface area contributed by atoms with E-state index in [0.717, 1.165) is 30.5 Å². The van der Waals surface area contributed by atoms with E-state index in [1.165, 1.54) is 0 Å². The van der Waals surface area contributed by atoms with Crippen LogP contribution < -0.4 is 5.32 Å². The highest BCUT2D eigenvalue weighted by Gasteiger charge is 1.92. The Morgan fingerprint density at radius 3 is 3.07 bits per heavy atom. The Labute approximate surface area is 89.3 Å². The fourth-order valence-corrected chi connectivity index (χ4v) is 1.73. The summed E-state index contributed by atoms with van der Waals surface area (Å²) in [6, 6.07) is 5.97. The maximum absolute atomic E-state index is 4.93. The Hall–Kier alpha value is -0.580. The van der Waals surface area contributed by atoms with E-state index < -0.39 is 0 Å². The van der Waals surface area contributed by atoms with Gasteiger partial charge in [-0.25, -0.2) is 4.98 Å². The highest BCUT2D eigenvalue weighted by atomic mass is 32.2. The fraction of sp³-hybridized carbons (Fsp3) is 0.500. The molecule has 0 radical (unpaired) electrons. The van der Waals surface area contributed by atoms with E-state index in [9.17, 15) is 0 Å². The van der Waals surface area contributed by atoms with Crippen LogP contribution in [0, 0.1) is 0 Å². The van der Waals surface area contributed by atoms with Crippen molar-refractivity contribution in [1.29, 1.82) is 0 Å². The van der Waals surface area contributed by atoms with Crippen molar-refractivity contribution in [2.24, 2.45) is 0 Å². The van der Waals surface area contributed by atoms with Gasteiger partial charge in [0.2, 0.25) is 0 Å². The molecule has 0 aromatic carbocycles. The topological polar surface area (TPSA) is 34.1 Å². The molecular formula is C10H16N2OS. The molecule has 0 saturated carbocycles. The summed E-state index contributed by atoms with van der Waals surface area (Å²) in [7, 11) is 1.71. The molecule has 1 N–H and O–H groups in total. The first-order valence-corrected chi connectivity index (χ1v) is 5.65. The maximum atomic E-state index is 4.93. The number of rotatable bonds is 7. The lowest BCUT2D eigenvalue weighted by atomic mass is 10.5. The van der Waals surface area contributed by atoms with Gasteiger partial charge in [0, 0.05) is 32.1 Å². The molecule has 1 aromatic heterocycles. The summed E-state index contributed by atoms with van der Waals surface area (Å²) in [5.41, 5.74) is 0. The van der Waals surface area contributed by atoms with Crippen LogP contribution in [0.5, 0.6) is 0 Å². The van der Waals surface area contributed by atoms with Crippen LogP contribution in [0.2, 0.25) is 0 Å². The van der Waals surface area contributed by atoms with E-state index >= 15 is 0 Å². The van der Waals surface area contributed by atoms with Gasteiger partial charge >= 0.3 is 0 Å². The Balaban J connectivity index is 1.99. The van der Waals surface area contributed by atoms with E-state index in [-0.39, 0.29) is 0 Å². The fourth-order valence-electron chi connectivity index (χ4n) is 0.959. The predicted molar refractivity (Wildman–Crippen MR) is 59.7 cm³/mol. The first-order valence-electron chi connectivity index (χ1n) is 4.67. The van der Waals surface area contributed by atoms with Gasteiger partial charge in [0.25, 0.3) is 0 Å². The average molecular weight is 212 g/mol. The Morgan fingerprint density at radius 1 is 1.43 bits per heavy atom. The van der Waals surface area contributed by atoms with Gasteiger partial charge in [-0.3, -0.25) is 0 Å². The van der Waals surface area contributed by atoms with E-state index in [0.29, 0.717) is 0 Å². The quantitative estimate of drug-likeness (QED) is 0.547. The third kappa shape index (κ3) is 5.21. The molecule has 1 heterocycles. The number of pyridine rings is 1. The minimum atomic E-state index is 0.772. The van der Waals surface area contributed by atoms with Crippen molar-refractivity contribution < 1.29 is 4.74 Å². The Bertz CT molecular complexity index is 231. The van der Waals surface area contributed by atoms with Gasteiger partial charge in [-0.2, -0.15) is 0 Å². The molecule has 0 amide bonds. The number of hydrogen-bond donors (Lipinski definition) is 1. The number of aromatic nitrogens is 1. The lowest BCUT2D eigenvalue weighted by Crippen LogP contribution is -2.21. The monoisotopic (exact) mass is 212 g/mol. The molecule has 0 aliphatic carbocycles. The smallest absolute Gasteiger partial charge is 0.0960 e. The second kappa shape index (κ2) is 7.79. The minimum Gasteiger partial charge on any atom is -0.383 e. The lowest BCUT2D eigenvalue weighted by molar-refractivity contribution is 0.200. The van der Waals surface area contributed by atoms with Crippen LogP contribution in [0.3, 0.4) is 0 Å². The van der Waals surface area contributed by atoms with E-state index in [1.807, 2.05) is 24.4 Å². The highest BCUT2D eigenvalue weighted by Crippen LogP contribution is 2.12. The second-order valence-corrected chi connectivity index (χ2v) is 3.87. The molecule has 0 bridgehead atoms. The second-order valence-electron chi connectivity index (χ2n) is 2.76. The van der Waals surface area contributed by atoms with Crippen molar-refractivity contribution in [2.75, 3.05) is 32.6 Å². The van der Waals surface area contributed by atoms with Crippen molar-refractivity contribution in [1.82, 2.24) is 10.3 Å². The third-order valence-electron chi connectivity index (χ3n) is 1.65. The molecule has 0 saturated heterocycles. The standard InChI is InChI=1S/C10H16N2OS/c1-13-8-6-11-7-9-14-10-4-2-3-5-12-10/h2-5,11H,6-9H2,1H3. The first kappa shape index (κ1) is 11.5. The molecule has 0 spiro atoms. The summed E-state index contributed by atoms with van der Waals surface area (Å²) in [6.07, 6.45) is 1.82. The number of nitrogens with one attached hydrogen (secondary N) is 1. The molecule has 0 unspecified atom stereocenters. The summed E-state index contributed by atoms with van der Waals surface area (Å²) in [6.45, 7) is 2.68. The summed E-state index contributed by atoms with van der Waals surface area (Å²) in [5.74, 6) is 1.04. The molecule has 3 nitrogen and oxygen atoms in total. The van der Waals surface area contributed by atoms with Gasteiger partial charge in [-0.05, 0) is 12.1 Å². The molecule has 1 aromatic rings. The van der Waals surface area contributed by atoms with Crippen LogP contribution in [0.15, 0.2) is 29.4 Å². The Morgan fingerprint density at radius 2 is 2.36 bits per heavy atom. The number of nitrogens with zero attached hydrogens (tertiary/aromatic N) is 1. The minimum absolute atomic E-state index is 0.772. The maximum Gasteiger partial charge on any atom is 0.0960 e. The molecule has 1 rings (SSSR count). The number of hydrogen-bond acceptors (Lipinski definition) is 4. The number of ether oxygens (including phenoxy) is 1. The van der Waals surface area contributed by atoms with Crippen LogP contribution in [-0.2, 0) is 4.74 Å². The summed E-state index contributed by atoms with van der Waals surface area (Å²) in [5, 5.41) is 4.37. The van der Waals surface area contributed by atoms with Gasteiger partial charge < -0.3 is 10.1 Å². The van der Waals surface area contributed by atoms with E-state index in [1.54, 1.807) is 18.9 Å². The zero-order valence-electron chi connectivity index (χ0n) is 8.40. The molecule has 0 aliphatic rings. The molecule has 0 atom stereocenters. The summed E-state index contributed by atoms with van der Waals surface area (Å²) < 4.78 is 4.93. The van der Waals surface area contributed by atoms with Gasteiger partial charge in [0.15, 0.2) is 0 Å². The van der Waals surface area contributed by atoms with Crippen LogP contribution >= 0.6 is 11.8 Å². The van der Waals surface area contributed by atoms with Crippen molar-refractivity contribution in [3.63, 3.8) is 0 Å². The van der Waals surface area contributed by atoms with Crippen molar-refractivity contribution in [3.8, 4) is 0 Å². The first-order chi connectivity index (χ1) is 6.93. The molecular weight excluding hydrogens is 196 g/mol. The van der Waals surface area contributed by atoms with Crippen molar-refractivity contribution >= 4 is 11.8 Å². The highest BCUT2D eigenvalue weighted by molar-refractivity contribution is 7.99. The van der Waals surface area contributed by atoms with Gasteiger partial charge in [0.1, 0.15) is 0 Å². The molecule has 0 fully saturated rings.